The van der Waals surface area contributed by atoms with Crippen LogP contribution in [0.3, 0.4) is 0 Å². The summed E-state index contributed by atoms with van der Waals surface area (Å²) in [6.45, 7) is 0. The first kappa shape index (κ1) is 6.46. The number of amides is 1. The summed E-state index contributed by atoms with van der Waals surface area (Å²) in [6.07, 6.45) is 4.66. The molecule has 0 atom stereocenters. The molecule has 11 heavy (non-hydrogen) atoms. The van der Waals surface area contributed by atoms with E-state index in [1.165, 1.54) is 0 Å². The van der Waals surface area contributed by atoms with Crippen molar-refractivity contribution in [1.82, 2.24) is 5.32 Å². The van der Waals surface area contributed by atoms with Crippen molar-refractivity contribution in [1.29, 1.82) is 0 Å². The molecular weight excluding hydrogens is 142 g/mol. The molecule has 1 aromatic rings. The third kappa shape index (κ3) is 1.42. The van der Waals surface area contributed by atoms with Gasteiger partial charge in [-0.3, -0.25) is 4.79 Å². The molecule has 57 valence electrons. The lowest BCUT2D eigenvalue weighted by atomic mass is 10.4. The molecule has 1 aliphatic rings. The fourth-order valence-electron chi connectivity index (χ4n) is 0.847. The molecule has 1 aliphatic carbocycles. The van der Waals surface area contributed by atoms with Gasteiger partial charge in [-0.1, -0.05) is 0 Å². The molecule has 1 aromatic heterocycles. The van der Waals surface area contributed by atoms with Gasteiger partial charge < -0.3 is 9.73 Å². The number of nitrogens with one attached hydrogen (secondary N) is 1. The van der Waals surface area contributed by atoms with Crippen LogP contribution in [-0.2, 0) is 0 Å². The van der Waals surface area contributed by atoms with Crippen molar-refractivity contribution in [2.24, 2.45) is 0 Å². The summed E-state index contributed by atoms with van der Waals surface area (Å²) in [6, 6.07) is 3.58. The Balaban J connectivity index is 1.99. The smallest absolute Gasteiger partial charge is 0.287 e. The summed E-state index contributed by atoms with van der Waals surface area (Å²) in [7, 11) is 0. The average molecular weight is 150 g/mol. The third-order valence-corrected chi connectivity index (χ3v) is 1.61. The minimum Gasteiger partial charge on any atom is -0.448 e. The Bertz CT molecular complexity index is 249. The minimum absolute atomic E-state index is 0.131. The van der Waals surface area contributed by atoms with Gasteiger partial charge in [0.15, 0.2) is 12.0 Å². The van der Waals surface area contributed by atoms with E-state index in [9.17, 15) is 4.79 Å². The Labute approximate surface area is 64.4 Å². The van der Waals surface area contributed by atoms with Gasteiger partial charge in [0.05, 0.1) is 0 Å². The van der Waals surface area contributed by atoms with Gasteiger partial charge >= 0.3 is 0 Å². The van der Waals surface area contributed by atoms with E-state index in [1.807, 2.05) is 0 Å². The maximum atomic E-state index is 11.1. The first-order valence-corrected chi connectivity index (χ1v) is 3.63. The number of hydrogen-bond donors (Lipinski definition) is 1. The number of rotatable bonds is 2. The number of carbonyl (C=O) groups is 1. The van der Waals surface area contributed by atoms with E-state index in [-0.39, 0.29) is 5.91 Å². The van der Waals surface area contributed by atoms with E-state index in [1.54, 1.807) is 12.1 Å². The third-order valence-electron chi connectivity index (χ3n) is 1.61. The molecule has 0 saturated heterocycles. The quantitative estimate of drug-likeness (QED) is 0.682. The van der Waals surface area contributed by atoms with Crippen LogP contribution in [0.4, 0.5) is 0 Å². The van der Waals surface area contributed by atoms with E-state index in [0.29, 0.717) is 11.8 Å². The van der Waals surface area contributed by atoms with Crippen molar-refractivity contribution in [2.45, 2.75) is 18.9 Å². The number of carbonyl (C=O) groups excluding carboxylic acids is 1. The fraction of sp³-hybridized carbons (Fsp3) is 0.375. The molecule has 1 fully saturated rings. The van der Waals surface area contributed by atoms with Crippen molar-refractivity contribution in [2.75, 3.05) is 0 Å². The van der Waals surface area contributed by atoms with Crippen LogP contribution in [0.1, 0.15) is 23.4 Å². The Hall–Kier alpha value is -1.25. The molecule has 1 amide bonds. The first-order chi connectivity index (χ1) is 5.36. The first-order valence-electron chi connectivity index (χ1n) is 3.63. The molecule has 3 heteroatoms. The standard InChI is InChI=1S/C8H8NO2/c10-8(9-6-3-4-6)7-2-1-5-11-7/h1-2,6H,3-4H2,(H,9,10). The minimum atomic E-state index is -0.131. The van der Waals surface area contributed by atoms with Crippen LogP contribution in [0, 0.1) is 6.26 Å². The van der Waals surface area contributed by atoms with Gasteiger partial charge in [0.25, 0.3) is 5.91 Å². The lowest BCUT2D eigenvalue weighted by molar-refractivity contribution is 0.0923. The highest BCUT2D eigenvalue weighted by atomic mass is 16.3. The second kappa shape index (κ2) is 2.42. The van der Waals surface area contributed by atoms with Gasteiger partial charge in [-0.25, -0.2) is 0 Å². The molecular formula is C8H8NO2. The Kier molecular flexibility index (Phi) is 1.42. The zero-order valence-electron chi connectivity index (χ0n) is 5.96. The van der Waals surface area contributed by atoms with Crippen LogP contribution in [0.15, 0.2) is 16.5 Å². The molecule has 0 bridgehead atoms. The highest BCUT2D eigenvalue weighted by Crippen LogP contribution is 2.19. The molecule has 0 unspecified atom stereocenters. The average Bonchev–Trinajstić information content (AvgIpc) is 2.67. The van der Waals surface area contributed by atoms with Crippen LogP contribution in [0.2, 0.25) is 0 Å². The molecule has 2 rings (SSSR count). The van der Waals surface area contributed by atoms with Crippen LogP contribution < -0.4 is 5.32 Å². The van der Waals surface area contributed by atoms with E-state index < -0.39 is 0 Å². The number of hydrogen-bond acceptors (Lipinski definition) is 2. The van der Waals surface area contributed by atoms with E-state index in [0.717, 1.165) is 12.8 Å². The molecule has 1 heterocycles. The highest BCUT2D eigenvalue weighted by molar-refractivity contribution is 5.91. The lowest BCUT2D eigenvalue weighted by Gasteiger charge is -1.97. The zero-order valence-corrected chi connectivity index (χ0v) is 5.96. The maximum Gasteiger partial charge on any atom is 0.287 e. The predicted molar refractivity (Wildman–Crippen MR) is 38.0 cm³/mol. The van der Waals surface area contributed by atoms with Crippen molar-refractivity contribution in [3.63, 3.8) is 0 Å². The predicted octanol–water partition coefficient (Wildman–Crippen LogP) is 0.972. The summed E-state index contributed by atoms with van der Waals surface area (Å²) in [5, 5.41) is 2.80. The summed E-state index contributed by atoms with van der Waals surface area (Å²) in [5.74, 6) is 0.214. The lowest BCUT2D eigenvalue weighted by Crippen LogP contribution is -2.24. The van der Waals surface area contributed by atoms with Crippen molar-refractivity contribution in [3.05, 3.63) is 24.2 Å². The summed E-state index contributed by atoms with van der Waals surface area (Å²) in [4.78, 5) is 11.1. The Morgan fingerprint density at radius 2 is 2.55 bits per heavy atom. The zero-order chi connectivity index (χ0) is 7.68. The van der Waals surface area contributed by atoms with Crippen molar-refractivity contribution in [3.8, 4) is 0 Å². The van der Waals surface area contributed by atoms with Crippen LogP contribution in [-0.4, -0.2) is 11.9 Å². The van der Waals surface area contributed by atoms with Gasteiger partial charge in [0.1, 0.15) is 0 Å². The molecule has 1 saturated carbocycles. The van der Waals surface area contributed by atoms with Gasteiger partial charge in [-0.2, -0.15) is 0 Å². The fourth-order valence-corrected chi connectivity index (χ4v) is 0.847. The van der Waals surface area contributed by atoms with Crippen LogP contribution in [0.5, 0.6) is 0 Å². The SMILES string of the molecule is O=C(NC1CC1)c1cc[c]o1. The largest absolute Gasteiger partial charge is 0.448 e. The van der Waals surface area contributed by atoms with Crippen molar-refractivity contribution < 1.29 is 9.21 Å². The van der Waals surface area contributed by atoms with Gasteiger partial charge in [0, 0.05) is 6.04 Å². The molecule has 1 N–H and O–H groups in total. The van der Waals surface area contributed by atoms with E-state index in [4.69, 9.17) is 4.42 Å². The second-order valence-corrected chi connectivity index (χ2v) is 2.67. The van der Waals surface area contributed by atoms with E-state index >= 15 is 0 Å². The molecule has 0 spiro atoms. The highest BCUT2D eigenvalue weighted by Gasteiger charge is 2.24. The number of furan rings is 1. The molecule has 1 radical (unpaired) electrons. The van der Waals surface area contributed by atoms with Crippen LogP contribution >= 0.6 is 0 Å². The molecule has 0 aliphatic heterocycles. The van der Waals surface area contributed by atoms with E-state index in [2.05, 4.69) is 11.6 Å². The van der Waals surface area contributed by atoms with Gasteiger partial charge in [-0.15, -0.1) is 0 Å². The maximum absolute atomic E-state index is 11.1. The second-order valence-electron chi connectivity index (χ2n) is 2.67. The Morgan fingerprint density at radius 1 is 1.73 bits per heavy atom. The van der Waals surface area contributed by atoms with Crippen LogP contribution in [0.25, 0.3) is 0 Å². The topological polar surface area (TPSA) is 42.2 Å². The molecule has 3 nitrogen and oxygen atoms in total. The Morgan fingerprint density at radius 3 is 3.09 bits per heavy atom. The molecule has 0 aromatic carbocycles. The van der Waals surface area contributed by atoms with Gasteiger partial charge in [0.2, 0.25) is 0 Å². The van der Waals surface area contributed by atoms with Crippen molar-refractivity contribution >= 4 is 5.91 Å². The normalized spacial score (nSPS) is 16.4. The summed E-state index contributed by atoms with van der Waals surface area (Å²) in [5.41, 5.74) is 0. The monoisotopic (exact) mass is 150 g/mol. The van der Waals surface area contributed by atoms with Gasteiger partial charge in [-0.05, 0) is 25.0 Å². The summed E-state index contributed by atoms with van der Waals surface area (Å²) >= 11 is 0. The summed E-state index contributed by atoms with van der Waals surface area (Å²) < 4.78 is 4.79.